The lowest BCUT2D eigenvalue weighted by molar-refractivity contribution is 0.105. The maximum atomic E-state index is 9.96. The lowest BCUT2D eigenvalue weighted by Crippen LogP contribution is -2.35. The average molecular weight is 417 g/mol. The second kappa shape index (κ2) is 7.58. The van der Waals surface area contributed by atoms with E-state index in [0.29, 0.717) is 12.6 Å². The topological polar surface area (TPSA) is 41.5 Å². The molecule has 0 amide bonds. The number of hydrogen-bond donors (Lipinski definition) is 2. The van der Waals surface area contributed by atoms with Gasteiger partial charge < -0.3 is 15.2 Å². The highest BCUT2D eigenvalue weighted by atomic mass is 79.9. The van der Waals surface area contributed by atoms with Crippen molar-refractivity contribution in [2.75, 3.05) is 13.2 Å². The molecular weight excluding hydrogens is 398 g/mol. The van der Waals surface area contributed by atoms with E-state index in [1.165, 1.54) is 0 Å². The second-order valence-electron chi connectivity index (χ2n) is 5.24. The van der Waals surface area contributed by atoms with Crippen molar-refractivity contribution in [1.82, 2.24) is 5.32 Å². The number of fused-ring (bicyclic) bond motifs is 1. The van der Waals surface area contributed by atoms with Gasteiger partial charge in [0.25, 0.3) is 0 Å². The molecule has 0 bridgehead atoms. The van der Waals surface area contributed by atoms with Gasteiger partial charge in [-0.2, -0.15) is 0 Å². The van der Waals surface area contributed by atoms with E-state index < -0.39 is 6.10 Å². The van der Waals surface area contributed by atoms with Crippen LogP contribution in [0.2, 0.25) is 0 Å². The Morgan fingerprint density at radius 1 is 1.14 bits per heavy atom. The van der Waals surface area contributed by atoms with E-state index in [4.69, 9.17) is 4.74 Å². The van der Waals surface area contributed by atoms with Crippen LogP contribution in [-0.2, 0) is 0 Å². The van der Waals surface area contributed by atoms with Crippen LogP contribution in [0, 0.1) is 0 Å². The summed E-state index contributed by atoms with van der Waals surface area (Å²) < 4.78 is 7.73. The van der Waals surface area contributed by atoms with Gasteiger partial charge in [0.05, 0.1) is 4.47 Å². The van der Waals surface area contributed by atoms with Gasteiger partial charge in [0.2, 0.25) is 0 Å². The summed E-state index contributed by atoms with van der Waals surface area (Å²) in [6.45, 7) is 4.87. The molecule has 5 heteroatoms. The van der Waals surface area contributed by atoms with Crippen LogP contribution in [0.4, 0.5) is 0 Å². The van der Waals surface area contributed by atoms with Gasteiger partial charge in [0.15, 0.2) is 0 Å². The van der Waals surface area contributed by atoms with Crippen LogP contribution in [0.5, 0.6) is 5.75 Å². The SMILES string of the molecule is CC(C)NC[C@H](O)COc1c(Br)cc(Br)c2ccccc12. The third kappa shape index (κ3) is 4.42. The van der Waals surface area contributed by atoms with Crippen molar-refractivity contribution >= 4 is 42.6 Å². The van der Waals surface area contributed by atoms with Gasteiger partial charge in [0.1, 0.15) is 18.5 Å². The monoisotopic (exact) mass is 415 g/mol. The minimum absolute atomic E-state index is 0.254. The third-order valence-electron chi connectivity index (χ3n) is 3.08. The first-order valence-electron chi connectivity index (χ1n) is 6.90. The average Bonchev–Trinajstić information content (AvgIpc) is 2.45. The van der Waals surface area contributed by atoms with E-state index in [0.717, 1.165) is 25.5 Å². The Kier molecular flexibility index (Phi) is 6.05. The van der Waals surface area contributed by atoms with Crippen molar-refractivity contribution in [3.05, 3.63) is 39.3 Å². The number of hydrogen-bond acceptors (Lipinski definition) is 3. The van der Waals surface area contributed by atoms with Crippen molar-refractivity contribution in [2.45, 2.75) is 26.0 Å². The van der Waals surface area contributed by atoms with Gasteiger partial charge in [-0.25, -0.2) is 0 Å². The van der Waals surface area contributed by atoms with Crippen LogP contribution >= 0.6 is 31.9 Å². The number of ether oxygens (including phenoxy) is 1. The summed E-state index contributed by atoms with van der Waals surface area (Å²) in [5, 5.41) is 15.3. The fourth-order valence-corrected chi connectivity index (χ4v) is 3.47. The molecule has 0 radical (unpaired) electrons. The molecule has 0 fully saturated rings. The predicted molar refractivity (Wildman–Crippen MR) is 94.0 cm³/mol. The Morgan fingerprint density at radius 3 is 2.48 bits per heavy atom. The molecule has 0 heterocycles. The molecule has 2 aromatic carbocycles. The molecule has 0 saturated carbocycles. The zero-order valence-electron chi connectivity index (χ0n) is 12.1. The molecule has 1 atom stereocenters. The zero-order chi connectivity index (χ0) is 15.4. The summed E-state index contributed by atoms with van der Waals surface area (Å²) in [6.07, 6.45) is -0.540. The lowest BCUT2D eigenvalue weighted by Gasteiger charge is -2.17. The summed E-state index contributed by atoms with van der Waals surface area (Å²) in [7, 11) is 0. The molecule has 114 valence electrons. The van der Waals surface area contributed by atoms with Crippen LogP contribution in [0.15, 0.2) is 39.3 Å². The molecule has 21 heavy (non-hydrogen) atoms. The highest BCUT2D eigenvalue weighted by Crippen LogP contribution is 2.38. The maximum absolute atomic E-state index is 9.96. The maximum Gasteiger partial charge on any atom is 0.141 e. The molecule has 0 aliphatic carbocycles. The van der Waals surface area contributed by atoms with Crippen LogP contribution in [0.25, 0.3) is 10.8 Å². The van der Waals surface area contributed by atoms with Gasteiger partial charge in [-0.3, -0.25) is 0 Å². The molecule has 2 aromatic rings. The Labute approximate surface area is 141 Å². The Bertz CT molecular complexity index is 616. The van der Waals surface area contributed by atoms with Gasteiger partial charge in [0, 0.05) is 22.4 Å². The van der Waals surface area contributed by atoms with Crippen LogP contribution in [0.3, 0.4) is 0 Å². The van der Waals surface area contributed by atoms with Crippen LogP contribution in [0.1, 0.15) is 13.8 Å². The third-order valence-corrected chi connectivity index (χ3v) is 4.33. The van der Waals surface area contributed by atoms with E-state index in [-0.39, 0.29) is 6.61 Å². The molecule has 3 nitrogen and oxygen atoms in total. The molecular formula is C16H19Br2NO2. The van der Waals surface area contributed by atoms with E-state index in [2.05, 4.69) is 37.2 Å². The molecule has 2 N–H and O–H groups in total. The van der Waals surface area contributed by atoms with E-state index in [1.54, 1.807) is 0 Å². The van der Waals surface area contributed by atoms with E-state index in [9.17, 15) is 5.11 Å². The minimum atomic E-state index is -0.540. The first-order chi connectivity index (χ1) is 9.99. The highest BCUT2D eigenvalue weighted by molar-refractivity contribution is 9.11. The minimum Gasteiger partial charge on any atom is -0.489 e. The standard InChI is InChI=1S/C16H19Br2NO2/c1-10(2)19-8-11(20)9-21-16-13-6-4-3-5-12(13)14(17)7-15(16)18/h3-7,10-11,19-20H,8-9H2,1-2H3/t11-/m0/s1. The van der Waals surface area contributed by atoms with Crippen molar-refractivity contribution in [1.29, 1.82) is 0 Å². The Balaban J connectivity index is 2.15. The van der Waals surface area contributed by atoms with Crippen LogP contribution in [-0.4, -0.2) is 30.4 Å². The summed E-state index contributed by atoms with van der Waals surface area (Å²) in [6, 6.07) is 10.3. The lowest BCUT2D eigenvalue weighted by atomic mass is 10.1. The number of aliphatic hydroxyl groups is 1. The fraction of sp³-hybridized carbons (Fsp3) is 0.375. The largest absolute Gasteiger partial charge is 0.489 e. The summed E-state index contributed by atoms with van der Waals surface area (Å²) >= 11 is 7.09. The Morgan fingerprint density at radius 2 is 1.81 bits per heavy atom. The normalized spacial score (nSPS) is 12.9. The molecule has 0 aromatic heterocycles. The Hall–Kier alpha value is -0.620. The quantitative estimate of drug-likeness (QED) is 0.744. The highest BCUT2D eigenvalue weighted by Gasteiger charge is 2.13. The summed E-state index contributed by atoms with van der Waals surface area (Å²) in [5.41, 5.74) is 0. The van der Waals surface area contributed by atoms with Crippen LogP contribution < -0.4 is 10.1 Å². The molecule has 0 unspecified atom stereocenters. The smallest absolute Gasteiger partial charge is 0.141 e. The van der Waals surface area contributed by atoms with Gasteiger partial charge in [-0.1, -0.05) is 54.0 Å². The number of aliphatic hydroxyl groups excluding tert-OH is 1. The molecule has 0 spiro atoms. The number of benzene rings is 2. The van der Waals surface area contributed by atoms with Crippen molar-refractivity contribution in [3.8, 4) is 5.75 Å². The van der Waals surface area contributed by atoms with Gasteiger partial charge >= 0.3 is 0 Å². The fourth-order valence-electron chi connectivity index (χ4n) is 2.03. The molecule has 0 aliphatic rings. The van der Waals surface area contributed by atoms with Gasteiger partial charge in [-0.05, 0) is 27.4 Å². The second-order valence-corrected chi connectivity index (χ2v) is 6.95. The van der Waals surface area contributed by atoms with Crippen molar-refractivity contribution in [2.24, 2.45) is 0 Å². The van der Waals surface area contributed by atoms with Gasteiger partial charge in [-0.15, -0.1) is 0 Å². The predicted octanol–water partition coefficient (Wildman–Crippen LogP) is 4.10. The van der Waals surface area contributed by atoms with E-state index >= 15 is 0 Å². The molecule has 0 saturated heterocycles. The first-order valence-corrected chi connectivity index (χ1v) is 8.48. The molecule has 0 aliphatic heterocycles. The zero-order valence-corrected chi connectivity index (χ0v) is 15.2. The number of nitrogens with one attached hydrogen (secondary N) is 1. The van der Waals surface area contributed by atoms with Crippen molar-refractivity contribution < 1.29 is 9.84 Å². The summed E-state index contributed by atoms with van der Waals surface area (Å²) in [5.74, 6) is 0.761. The summed E-state index contributed by atoms with van der Waals surface area (Å²) in [4.78, 5) is 0. The van der Waals surface area contributed by atoms with E-state index in [1.807, 2.05) is 44.2 Å². The molecule has 2 rings (SSSR count). The first kappa shape index (κ1) is 16.7. The number of rotatable bonds is 6. The number of halogens is 2. The van der Waals surface area contributed by atoms with Crippen molar-refractivity contribution in [3.63, 3.8) is 0 Å².